The summed E-state index contributed by atoms with van der Waals surface area (Å²) in [7, 11) is 2.62. The summed E-state index contributed by atoms with van der Waals surface area (Å²) in [5.41, 5.74) is -2.87. The monoisotopic (exact) mass is 906 g/mol. The van der Waals surface area contributed by atoms with Gasteiger partial charge in [0.15, 0.2) is 11.6 Å². The van der Waals surface area contributed by atoms with E-state index in [0.717, 1.165) is 12.8 Å². The van der Waals surface area contributed by atoms with Crippen molar-refractivity contribution in [2.75, 3.05) is 14.2 Å². The molecule has 6 saturated carbocycles. The normalized spacial score (nSPS) is 45.7. The van der Waals surface area contributed by atoms with Crippen molar-refractivity contribution >= 4 is 73.2 Å². The maximum atomic E-state index is 12.9. The third-order valence-electron chi connectivity index (χ3n) is 19.3. The molecule has 8 aliphatic carbocycles. The van der Waals surface area contributed by atoms with Gasteiger partial charge >= 0.3 is 49.7 Å². The Morgan fingerprint density at radius 3 is 1.25 bits per heavy atom. The van der Waals surface area contributed by atoms with Crippen LogP contribution in [0.25, 0.3) is 0 Å². The first-order valence-electron chi connectivity index (χ1n) is 22.8. The molecule has 0 spiro atoms. The Labute approximate surface area is 400 Å². The van der Waals surface area contributed by atoms with E-state index in [1.54, 1.807) is 12.2 Å². The van der Waals surface area contributed by atoms with E-state index in [9.17, 15) is 59.4 Å². The van der Waals surface area contributed by atoms with E-state index < -0.39 is 70.0 Å². The van der Waals surface area contributed by atoms with Crippen LogP contribution < -0.4 is 10.2 Å². The Morgan fingerprint density at radius 1 is 0.603 bits per heavy atom. The van der Waals surface area contributed by atoms with Gasteiger partial charge in [0.1, 0.15) is 0 Å². The molecule has 0 radical (unpaired) electrons. The van der Waals surface area contributed by atoms with Crippen LogP contribution in [-0.2, 0) is 38.2 Å². The number of aliphatic hydroxyl groups is 4. The Hall–Kier alpha value is -2.20. The van der Waals surface area contributed by atoms with Gasteiger partial charge in [-0.05, 0) is 170 Å². The van der Waals surface area contributed by atoms with Gasteiger partial charge in [0.05, 0.1) is 49.5 Å². The zero-order valence-electron chi connectivity index (χ0n) is 37.8. The number of esters is 2. The molecule has 0 aromatic heterocycles. The van der Waals surface area contributed by atoms with Crippen LogP contribution in [0.5, 0.6) is 0 Å². The smallest absolute Gasteiger partial charge is 0.550 e. The number of carbonyl (C=O) groups is 6. The van der Waals surface area contributed by atoms with Crippen LogP contribution in [0.15, 0.2) is 23.3 Å². The standard InChI is InChI=1S/2C24H34O7.Ca/c2*1-22-8-4-13(25)12-16(22)20(28)19(21(29)31-3)18-14(22)5-9-23(2)15(18)6-10-24(23,30)11-7-17(26)27;/h2*12,14-15,18-20,28,30H,4-11H2,1-3H3,(H,26,27);/q;;+2/p-2/t2*14-,15-,18+,19-,20-,22+,23-,24+;/m00./s1. The average molecular weight is 907 g/mol. The number of carboxylic acids is 2. The van der Waals surface area contributed by atoms with Gasteiger partial charge in [-0.15, -0.1) is 0 Å². The van der Waals surface area contributed by atoms with Gasteiger partial charge in [-0.2, -0.15) is 0 Å². The van der Waals surface area contributed by atoms with Crippen molar-refractivity contribution in [2.24, 2.45) is 69.0 Å². The van der Waals surface area contributed by atoms with E-state index >= 15 is 0 Å². The molecule has 4 N–H and O–H groups in total. The molecule has 0 aromatic rings. The van der Waals surface area contributed by atoms with Gasteiger partial charge in [-0.1, -0.05) is 27.7 Å². The zero-order chi connectivity index (χ0) is 45.5. The number of ether oxygens (including phenoxy) is 2. The van der Waals surface area contributed by atoms with E-state index in [0.29, 0.717) is 75.4 Å². The van der Waals surface area contributed by atoms with E-state index in [1.807, 2.05) is 13.8 Å². The third-order valence-corrected chi connectivity index (χ3v) is 19.3. The van der Waals surface area contributed by atoms with Gasteiger partial charge in [-0.3, -0.25) is 19.2 Å². The van der Waals surface area contributed by atoms with E-state index in [-0.39, 0.29) is 121 Å². The minimum atomic E-state index is -1.18. The largest absolute Gasteiger partial charge is 2.00 e. The van der Waals surface area contributed by atoms with E-state index in [1.165, 1.54) is 14.2 Å². The fourth-order valence-electron chi connectivity index (χ4n) is 15.7. The second kappa shape index (κ2) is 17.8. The molecule has 8 aliphatic rings. The number of rotatable bonds is 8. The molecule has 0 bridgehead atoms. The molecule has 0 aliphatic heterocycles. The van der Waals surface area contributed by atoms with Crippen molar-refractivity contribution in [3.63, 3.8) is 0 Å². The summed E-state index contributed by atoms with van der Waals surface area (Å²) in [6.07, 6.45) is 8.03. The number of aliphatic carboxylic acids is 2. The molecule has 0 aromatic carbocycles. The Morgan fingerprint density at radius 2 is 0.937 bits per heavy atom. The summed E-state index contributed by atoms with van der Waals surface area (Å²) in [5.74, 6) is -5.30. The summed E-state index contributed by atoms with van der Waals surface area (Å²) in [5, 5.41) is 67.9. The maximum Gasteiger partial charge on any atom is 2.00 e. The molecule has 0 unspecified atom stereocenters. The first-order chi connectivity index (χ1) is 29.0. The summed E-state index contributed by atoms with van der Waals surface area (Å²) in [6, 6.07) is 0. The van der Waals surface area contributed by atoms with Gasteiger partial charge < -0.3 is 49.7 Å². The molecular formula is C48H66CaO14. The number of ketones is 2. The summed E-state index contributed by atoms with van der Waals surface area (Å²) in [6.45, 7) is 8.21. The number of hydrogen-bond donors (Lipinski definition) is 4. The van der Waals surface area contributed by atoms with Gasteiger partial charge in [0.25, 0.3) is 0 Å². The number of methoxy groups -OCH3 is 2. The van der Waals surface area contributed by atoms with Crippen molar-refractivity contribution < 1.29 is 68.9 Å². The number of hydrogen-bond acceptors (Lipinski definition) is 14. The first-order valence-corrected chi connectivity index (χ1v) is 22.8. The fourth-order valence-corrected chi connectivity index (χ4v) is 15.7. The molecule has 0 amide bonds. The Kier molecular flexibility index (Phi) is 14.2. The summed E-state index contributed by atoms with van der Waals surface area (Å²) in [4.78, 5) is 72.4. The SMILES string of the molecule is COC(=O)[C@H]1[C@@H]2[C@H](CC[C@@]3(C)[C@H]2CC[C@@]3(O)CCC(=O)[O-])[C@@]2(C)CCC(=O)C=C2[C@@H]1O.COC(=O)[C@H]1[C@@H]2[C@H](CC[C@@]3(C)[C@H]2CC[C@@]3(O)CCC(=O)[O-])[C@@]2(C)CCC(=O)C=C2[C@@H]1O.[Ca+2]. The fraction of sp³-hybridized carbons (Fsp3) is 0.792. The molecular weight excluding hydrogens is 841 g/mol. The molecule has 344 valence electrons. The molecule has 14 nitrogen and oxygen atoms in total. The van der Waals surface area contributed by atoms with Crippen LogP contribution in [0, 0.1) is 69.0 Å². The van der Waals surface area contributed by atoms with Gasteiger partial charge in [0.2, 0.25) is 0 Å². The van der Waals surface area contributed by atoms with Crippen LogP contribution >= 0.6 is 0 Å². The molecule has 0 heterocycles. The minimum absolute atomic E-state index is 0. The molecule has 6 fully saturated rings. The molecule has 15 heteroatoms. The molecule has 8 rings (SSSR count). The minimum Gasteiger partial charge on any atom is -0.550 e. The maximum absolute atomic E-state index is 12.9. The Balaban J connectivity index is 0.000000206. The topological polar surface area (TPSA) is 248 Å². The number of fused-ring (bicyclic) bond motifs is 10. The van der Waals surface area contributed by atoms with Crippen molar-refractivity contribution in [3.8, 4) is 0 Å². The average Bonchev–Trinajstić information content (AvgIpc) is 3.66. The predicted molar refractivity (Wildman–Crippen MR) is 222 cm³/mol. The number of aliphatic hydroxyl groups excluding tert-OH is 2. The van der Waals surface area contributed by atoms with Crippen LogP contribution in [0.1, 0.15) is 130 Å². The zero-order valence-corrected chi connectivity index (χ0v) is 40.0. The number of carbonyl (C=O) groups excluding carboxylic acids is 6. The van der Waals surface area contributed by atoms with Crippen molar-refractivity contribution in [1.29, 1.82) is 0 Å². The predicted octanol–water partition coefficient (Wildman–Crippen LogP) is 1.92. The molecule has 16 atom stereocenters. The summed E-state index contributed by atoms with van der Waals surface area (Å²) >= 11 is 0. The van der Waals surface area contributed by atoms with Crippen molar-refractivity contribution in [1.82, 2.24) is 0 Å². The first kappa shape index (κ1) is 50.2. The molecule has 0 saturated heterocycles. The number of carboxylic acid groups (broad SMARTS) is 2. The van der Waals surface area contributed by atoms with Crippen LogP contribution in [0.4, 0.5) is 0 Å². The van der Waals surface area contributed by atoms with E-state index in [4.69, 9.17) is 9.47 Å². The second-order valence-corrected chi connectivity index (χ2v) is 21.3. The Bertz CT molecular complexity index is 1810. The van der Waals surface area contributed by atoms with Crippen LogP contribution in [-0.4, -0.2) is 131 Å². The van der Waals surface area contributed by atoms with Gasteiger partial charge in [-0.25, -0.2) is 0 Å². The molecule has 63 heavy (non-hydrogen) atoms. The second-order valence-electron chi connectivity index (χ2n) is 21.3. The van der Waals surface area contributed by atoms with Crippen molar-refractivity contribution in [2.45, 2.75) is 154 Å². The van der Waals surface area contributed by atoms with E-state index in [2.05, 4.69) is 13.8 Å². The third kappa shape index (κ3) is 7.82. The van der Waals surface area contributed by atoms with Crippen molar-refractivity contribution in [3.05, 3.63) is 23.3 Å². The summed E-state index contributed by atoms with van der Waals surface area (Å²) < 4.78 is 10.2. The quantitative estimate of drug-likeness (QED) is 0.201. The van der Waals surface area contributed by atoms with Gasteiger partial charge in [0, 0.05) is 24.8 Å². The van der Waals surface area contributed by atoms with Crippen LogP contribution in [0.3, 0.4) is 0 Å². The van der Waals surface area contributed by atoms with Crippen LogP contribution in [0.2, 0.25) is 0 Å².